The number of hydrogen-bond acceptors (Lipinski definition) is 4. The van der Waals surface area contributed by atoms with E-state index in [1.807, 2.05) is 36.4 Å². The molecule has 0 aliphatic carbocycles. The van der Waals surface area contributed by atoms with Crippen molar-refractivity contribution in [2.24, 2.45) is 5.92 Å². The number of nitrogens with zero attached hydrogens (tertiary/aromatic N) is 3. The van der Waals surface area contributed by atoms with E-state index in [1.54, 1.807) is 0 Å². The molecule has 3 rings (SSSR count). The summed E-state index contributed by atoms with van der Waals surface area (Å²) in [4.78, 5) is 22.7. The monoisotopic (exact) mass is 311 g/mol. The van der Waals surface area contributed by atoms with Crippen LogP contribution in [0.5, 0.6) is 0 Å². The summed E-state index contributed by atoms with van der Waals surface area (Å²) in [5.41, 5.74) is 0.740. The van der Waals surface area contributed by atoms with Crippen molar-refractivity contribution >= 4 is 23.4 Å². The van der Waals surface area contributed by atoms with Crippen molar-refractivity contribution < 1.29 is 4.79 Å². The molecule has 1 aromatic heterocycles. The number of amides is 2. The van der Waals surface area contributed by atoms with Gasteiger partial charge in [0.2, 0.25) is 0 Å². The van der Waals surface area contributed by atoms with E-state index in [0.29, 0.717) is 5.82 Å². The van der Waals surface area contributed by atoms with Gasteiger partial charge >= 0.3 is 6.03 Å². The molecule has 120 valence electrons. The number of carbonyl (C=O) groups excluding carboxylic acids is 1. The molecule has 1 aromatic carbocycles. The van der Waals surface area contributed by atoms with Gasteiger partial charge in [-0.05, 0) is 30.9 Å². The van der Waals surface area contributed by atoms with Crippen LogP contribution in [0.1, 0.15) is 19.8 Å². The molecule has 2 N–H and O–H groups in total. The average molecular weight is 311 g/mol. The molecule has 1 aliphatic heterocycles. The minimum Gasteiger partial charge on any atom is -0.356 e. The third-order valence-electron chi connectivity index (χ3n) is 4.03. The molecule has 2 heterocycles. The molecule has 0 bridgehead atoms. The number of urea groups is 1. The number of rotatable bonds is 3. The molecule has 0 spiro atoms. The van der Waals surface area contributed by atoms with Gasteiger partial charge in [0, 0.05) is 24.8 Å². The molecule has 0 unspecified atom stereocenters. The Hall–Kier alpha value is -2.63. The Labute approximate surface area is 135 Å². The highest BCUT2D eigenvalue weighted by Gasteiger charge is 2.17. The summed E-state index contributed by atoms with van der Waals surface area (Å²) in [5.74, 6) is 2.13. The van der Waals surface area contributed by atoms with E-state index in [2.05, 4.69) is 32.4 Å². The van der Waals surface area contributed by atoms with E-state index in [9.17, 15) is 4.79 Å². The summed E-state index contributed by atoms with van der Waals surface area (Å²) in [6.45, 7) is 4.26. The van der Waals surface area contributed by atoms with Crippen molar-refractivity contribution in [1.29, 1.82) is 0 Å². The zero-order valence-electron chi connectivity index (χ0n) is 13.2. The lowest BCUT2D eigenvalue weighted by molar-refractivity contribution is 0.262. The molecule has 1 aliphatic rings. The minimum absolute atomic E-state index is 0.312. The third-order valence-corrected chi connectivity index (χ3v) is 4.03. The topological polar surface area (TPSA) is 70.2 Å². The smallest absolute Gasteiger partial charge is 0.324 e. The van der Waals surface area contributed by atoms with Gasteiger partial charge in [0.1, 0.15) is 18.0 Å². The van der Waals surface area contributed by atoms with Crippen molar-refractivity contribution in [1.82, 2.24) is 9.97 Å². The second kappa shape index (κ2) is 7.09. The van der Waals surface area contributed by atoms with Crippen LogP contribution >= 0.6 is 0 Å². The maximum atomic E-state index is 12.0. The Morgan fingerprint density at radius 2 is 1.87 bits per heavy atom. The molecule has 2 aromatic rings. The molecule has 1 saturated heterocycles. The van der Waals surface area contributed by atoms with Crippen LogP contribution in [-0.4, -0.2) is 29.1 Å². The predicted octanol–water partition coefficient (Wildman–Crippen LogP) is 3.36. The zero-order valence-corrected chi connectivity index (χ0v) is 13.2. The van der Waals surface area contributed by atoms with Crippen molar-refractivity contribution in [2.75, 3.05) is 28.6 Å². The summed E-state index contributed by atoms with van der Waals surface area (Å²) in [7, 11) is 0. The number of hydrogen-bond donors (Lipinski definition) is 2. The minimum atomic E-state index is -0.312. The van der Waals surface area contributed by atoms with E-state index in [-0.39, 0.29) is 6.03 Å². The number of benzene rings is 1. The number of piperidine rings is 1. The normalized spacial score (nSPS) is 15.3. The highest BCUT2D eigenvalue weighted by Crippen LogP contribution is 2.22. The molecular formula is C17H21N5O. The number of anilines is 3. The molecule has 6 nitrogen and oxygen atoms in total. The first-order valence-electron chi connectivity index (χ1n) is 7.91. The van der Waals surface area contributed by atoms with Crippen LogP contribution in [0, 0.1) is 5.92 Å². The van der Waals surface area contributed by atoms with Crippen molar-refractivity contribution in [3.05, 3.63) is 42.7 Å². The van der Waals surface area contributed by atoms with Crippen LogP contribution in [0.2, 0.25) is 0 Å². The van der Waals surface area contributed by atoms with Gasteiger partial charge in [-0.3, -0.25) is 5.32 Å². The van der Waals surface area contributed by atoms with Crippen molar-refractivity contribution in [3.63, 3.8) is 0 Å². The summed E-state index contributed by atoms with van der Waals surface area (Å²) < 4.78 is 0. The first kappa shape index (κ1) is 15.3. The average Bonchev–Trinajstić information content (AvgIpc) is 2.56. The molecule has 1 fully saturated rings. The Morgan fingerprint density at radius 1 is 1.13 bits per heavy atom. The predicted molar refractivity (Wildman–Crippen MR) is 91.7 cm³/mol. The third kappa shape index (κ3) is 4.18. The van der Waals surface area contributed by atoms with Gasteiger partial charge < -0.3 is 10.2 Å². The molecule has 0 atom stereocenters. The van der Waals surface area contributed by atoms with Gasteiger partial charge in [-0.15, -0.1) is 0 Å². The largest absolute Gasteiger partial charge is 0.356 e. The van der Waals surface area contributed by atoms with E-state index >= 15 is 0 Å². The van der Waals surface area contributed by atoms with E-state index in [4.69, 9.17) is 0 Å². The highest BCUT2D eigenvalue weighted by atomic mass is 16.2. The standard InChI is InChI=1S/C17H21N5O/c1-13-7-9-22(10-8-13)16-11-15(18-12-19-16)21-17(23)20-14-5-3-2-4-6-14/h2-6,11-13H,7-10H2,1H3,(H2,18,19,20,21,23). The van der Waals surface area contributed by atoms with Crippen LogP contribution in [0.15, 0.2) is 42.7 Å². The zero-order chi connectivity index (χ0) is 16.1. The Kier molecular flexibility index (Phi) is 4.71. The second-order valence-corrected chi connectivity index (χ2v) is 5.88. The summed E-state index contributed by atoms with van der Waals surface area (Å²) in [6.07, 6.45) is 3.83. The molecule has 23 heavy (non-hydrogen) atoms. The first-order chi connectivity index (χ1) is 11.2. The maximum Gasteiger partial charge on any atom is 0.324 e. The van der Waals surface area contributed by atoms with E-state index in [0.717, 1.165) is 30.5 Å². The fourth-order valence-electron chi connectivity index (χ4n) is 2.63. The Bertz CT molecular complexity index is 653. The molecule has 0 saturated carbocycles. The Morgan fingerprint density at radius 3 is 2.61 bits per heavy atom. The number of para-hydroxylation sites is 1. The van der Waals surface area contributed by atoms with E-state index in [1.165, 1.54) is 19.2 Å². The fraction of sp³-hybridized carbons (Fsp3) is 0.353. The summed E-state index contributed by atoms with van der Waals surface area (Å²) in [5, 5.41) is 5.52. The van der Waals surface area contributed by atoms with Crippen molar-refractivity contribution in [3.8, 4) is 0 Å². The Balaban J connectivity index is 1.62. The van der Waals surface area contributed by atoms with Gasteiger partial charge in [0.15, 0.2) is 0 Å². The van der Waals surface area contributed by atoms with Gasteiger partial charge in [-0.1, -0.05) is 25.1 Å². The number of aromatic nitrogens is 2. The fourth-order valence-corrected chi connectivity index (χ4v) is 2.63. The van der Waals surface area contributed by atoms with Crippen LogP contribution < -0.4 is 15.5 Å². The highest BCUT2D eigenvalue weighted by molar-refractivity contribution is 5.99. The van der Waals surface area contributed by atoms with Gasteiger partial charge in [-0.25, -0.2) is 14.8 Å². The quantitative estimate of drug-likeness (QED) is 0.912. The van der Waals surface area contributed by atoms with Gasteiger partial charge in [0.05, 0.1) is 0 Å². The van der Waals surface area contributed by atoms with E-state index < -0.39 is 0 Å². The number of nitrogens with one attached hydrogen (secondary N) is 2. The lowest BCUT2D eigenvalue weighted by Gasteiger charge is -2.31. The van der Waals surface area contributed by atoms with Crippen LogP contribution in [0.4, 0.5) is 22.1 Å². The summed E-state index contributed by atoms with van der Waals surface area (Å²) >= 11 is 0. The first-order valence-corrected chi connectivity index (χ1v) is 7.91. The second-order valence-electron chi connectivity index (χ2n) is 5.88. The molecule has 0 radical (unpaired) electrons. The lowest BCUT2D eigenvalue weighted by atomic mass is 9.99. The van der Waals surface area contributed by atoms with Crippen LogP contribution in [-0.2, 0) is 0 Å². The molecular weight excluding hydrogens is 290 g/mol. The maximum absolute atomic E-state index is 12.0. The van der Waals surface area contributed by atoms with Gasteiger partial charge in [0.25, 0.3) is 0 Å². The van der Waals surface area contributed by atoms with Crippen LogP contribution in [0.25, 0.3) is 0 Å². The molecule has 2 amide bonds. The lowest BCUT2D eigenvalue weighted by Crippen LogP contribution is -2.33. The molecule has 6 heteroatoms. The van der Waals surface area contributed by atoms with Crippen molar-refractivity contribution in [2.45, 2.75) is 19.8 Å². The van der Waals surface area contributed by atoms with Gasteiger partial charge in [-0.2, -0.15) is 0 Å². The SMILES string of the molecule is CC1CCN(c2cc(NC(=O)Nc3ccccc3)ncn2)CC1. The van der Waals surface area contributed by atoms with Crippen LogP contribution in [0.3, 0.4) is 0 Å². The number of carbonyl (C=O) groups is 1. The summed E-state index contributed by atoms with van der Waals surface area (Å²) in [6, 6.07) is 10.8.